The molecule has 2 saturated carbocycles. The third kappa shape index (κ3) is 3.71. The van der Waals surface area contributed by atoms with Crippen LogP contribution in [0.15, 0.2) is 30.1 Å². The van der Waals surface area contributed by atoms with Gasteiger partial charge in [0, 0.05) is 23.9 Å². The number of thioether (sulfide) groups is 1. The van der Waals surface area contributed by atoms with Crippen molar-refractivity contribution in [3.05, 3.63) is 40.9 Å². The molecule has 0 bridgehead atoms. The zero-order valence-corrected chi connectivity index (χ0v) is 22.8. The number of rotatable bonds is 5. The van der Waals surface area contributed by atoms with Gasteiger partial charge >= 0.3 is 6.18 Å². The van der Waals surface area contributed by atoms with Crippen LogP contribution in [0.25, 0.3) is 5.70 Å². The fraction of sp³-hybridized carbons (Fsp3) is 0.560. The van der Waals surface area contributed by atoms with E-state index in [1.807, 2.05) is 6.26 Å². The largest absolute Gasteiger partial charge is 0.401 e. The van der Waals surface area contributed by atoms with Crippen molar-refractivity contribution in [1.29, 1.82) is 0 Å². The van der Waals surface area contributed by atoms with Crippen LogP contribution in [-0.2, 0) is 4.79 Å². The number of halogens is 6. The van der Waals surface area contributed by atoms with Gasteiger partial charge in [0.25, 0.3) is 5.92 Å². The second-order valence-corrected chi connectivity index (χ2v) is 12.6. The van der Waals surface area contributed by atoms with Gasteiger partial charge in [-0.25, -0.2) is 13.5 Å². The first kappa shape index (κ1) is 26.7. The van der Waals surface area contributed by atoms with Gasteiger partial charge in [0.05, 0.1) is 41.4 Å². The van der Waals surface area contributed by atoms with Crippen molar-refractivity contribution in [2.75, 3.05) is 29.6 Å². The molecule has 7 nitrogen and oxygen atoms in total. The monoisotopic (exact) mass is 588 g/mol. The average molecular weight is 589 g/mol. The van der Waals surface area contributed by atoms with Crippen molar-refractivity contribution in [1.82, 2.24) is 20.1 Å². The zero-order chi connectivity index (χ0) is 28.1. The van der Waals surface area contributed by atoms with Gasteiger partial charge in [-0.15, -0.1) is 0 Å². The lowest BCUT2D eigenvalue weighted by molar-refractivity contribution is -0.192. The standard InChI is InChI=1S/C25H26ClF5N6OS/c1-22(25(29,30)31)11-36(16-10-33-18-8-17(26)35-37(18)20(16)22)13-4-5-15(32-9-13)19-23(2,24(19,27)28)21(38)34-12-6-14(7-12)39-3/h4-5,8-9,12,14,19,33H,6-7,10-11H2,1-3H3,(H,34,38). The van der Waals surface area contributed by atoms with Gasteiger partial charge in [-0.2, -0.15) is 30.0 Å². The molecule has 2 aliphatic heterocycles. The van der Waals surface area contributed by atoms with Gasteiger partial charge < -0.3 is 15.5 Å². The number of hydrogen-bond acceptors (Lipinski definition) is 6. The molecule has 39 heavy (non-hydrogen) atoms. The highest BCUT2D eigenvalue weighted by atomic mass is 35.5. The quantitative estimate of drug-likeness (QED) is 0.458. The predicted molar refractivity (Wildman–Crippen MR) is 139 cm³/mol. The molecule has 4 aliphatic rings. The molecule has 2 aromatic heterocycles. The summed E-state index contributed by atoms with van der Waals surface area (Å²) in [4.78, 5) is 18.5. The number of aromatic nitrogens is 3. The molecule has 2 fully saturated rings. The van der Waals surface area contributed by atoms with E-state index < -0.39 is 41.3 Å². The lowest BCUT2D eigenvalue weighted by atomic mass is 9.87. The third-order valence-electron chi connectivity index (χ3n) is 8.71. The van der Waals surface area contributed by atoms with E-state index in [1.54, 1.807) is 11.8 Å². The van der Waals surface area contributed by atoms with Crippen LogP contribution in [0.5, 0.6) is 0 Å². The topological polar surface area (TPSA) is 75.1 Å². The molecule has 2 N–H and O–H groups in total. The predicted octanol–water partition coefficient (Wildman–Crippen LogP) is 5.36. The van der Waals surface area contributed by atoms with E-state index >= 15 is 8.78 Å². The van der Waals surface area contributed by atoms with Crippen LogP contribution in [0.1, 0.15) is 38.3 Å². The third-order valence-corrected chi connectivity index (χ3v) is 9.95. The first-order valence-corrected chi connectivity index (χ1v) is 14.1. The Morgan fingerprint density at radius 3 is 2.59 bits per heavy atom. The summed E-state index contributed by atoms with van der Waals surface area (Å²) in [5.74, 6) is -5.07. The Morgan fingerprint density at radius 2 is 1.97 bits per heavy atom. The minimum atomic E-state index is -4.61. The molecule has 4 heterocycles. The number of fused-ring (bicyclic) bond motifs is 2. The fourth-order valence-electron chi connectivity index (χ4n) is 6.00. The maximum atomic E-state index is 15.0. The van der Waals surface area contributed by atoms with Crippen LogP contribution in [0.3, 0.4) is 0 Å². The number of amides is 1. The molecule has 1 amide bonds. The van der Waals surface area contributed by atoms with Crippen LogP contribution < -0.4 is 15.5 Å². The first-order chi connectivity index (χ1) is 18.2. The molecule has 3 unspecified atom stereocenters. The van der Waals surface area contributed by atoms with Crippen LogP contribution in [-0.4, -0.2) is 63.4 Å². The number of nitrogens with one attached hydrogen (secondary N) is 2. The number of anilines is 2. The molecule has 14 heteroatoms. The maximum Gasteiger partial charge on any atom is 0.401 e. The summed E-state index contributed by atoms with van der Waals surface area (Å²) in [6.07, 6.45) is 0.151. The second kappa shape index (κ2) is 8.48. The molecule has 3 atom stereocenters. The lowest BCUT2D eigenvalue weighted by Gasteiger charge is -2.35. The number of carbonyl (C=O) groups excluding carboxylic acids is 1. The first-order valence-electron chi connectivity index (χ1n) is 12.5. The minimum absolute atomic E-state index is 0.0203. The van der Waals surface area contributed by atoms with Crippen LogP contribution in [0, 0.1) is 10.8 Å². The minimum Gasteiger partial charge on any atom is -0.364 e. The van der Waals surface area contributed by atoms with E-state index in [0.29, 0.717) is 22.5 Å². The molecule has 6 rings (SSSR count). The van der Waals surface area contributed by atoms with E-state index in [0.717, 1.165) is 19.8 Å². The SMILES string of the molecule is CSC1CC(NC(=O)C2(C)C(c3ccc(N4CC(C)(C(F)(F)F)C5=C4CNc4cc(Cl)nn45)cn3)C2(F)F)C1. The van der Waals surface area contributed by atoms with Gasteiger partial charge in [-0.05, 0) is 45.1 Å². The molecular formula is C25H26ClF5N6OS. The Hall–Kier alpha value is -2.54. The maximum absolute atomic E-state index is 15.0. The van der Waals surface area contributed by atoms with Crippen molar-refractivity contribution in [3.63, 3.8) is 0 Å². The van der Waals surface area contributed by atoms with E-state index in [1.165, 1.54) is 40.9 Å². The van der Waals surface area contributed by atoms with Crippen molar-refractivity contribution in [2.45, 2.75) is 56.0 Å². The Morgan fingerprint density at radius 1 is 1.26 bits per heavy atom. The smallest absolute Gasteiger partial charge is 0.364 e. The van der Waals surface area contributed by atoms with Gasteiger partial charge in [-0.3, -0.25) is 9.78 Å². The molecule has 2 aliphatic carbocycles. The van der Waals surface area contributed by atoms with Gasteiger partial charge in [0.1, 0.15) is 16.6 Å². The summed E-state index contributed by atoms with van der Waals surface area (Å²) >= 11 is 7.67. The van der Waals surface area contributed by atoms with Crippen LogP contribution >= 0.6 is 23.4 Å². The molecule has 0 aromatic carbocycles. The summed E-state index contributed by atoms with van der Waals surface area (Å²) in [6.45, 7) is 1.98. The summed E-state index contributed by atoms with van der Waals surface area (Å²) in [5.41, 5.74) is -3.58. The summed E-state index contributed by atoms with van der Waals surface area (Å²) in [5, 5.41) is 10.3. The van der Waals surface area contributed by atoms with Gasteiger partial charge in [0.15, 0.2) is 5.15 Å². The number of pyridine rings is 1. The number of nitrogens with zero attached hydrogens (tertiary/aromatic N) is 4. The summed E-state index contributed by atoms with van der Waals surface area (Å²) < 4.78 is 74.4. The molecule has 210 valence electrons. The molecule has 2 aromatic rings. The number of alkyl halides is 5. The van der Waals surface area contributed by atoms with Gasteiger partial charge in [-0.1, -0.05) is 11.6 Å². The summed E-state index contributed by atoms with van der Waals surface area (Å²) in [7, 11) is 0. The van der Waals surface area contributed by atoms with Crippen LogP contribution in [0.2, 0.25) is 5.15 Å². The fourth-order valence-corrected chi connectivity index (χ4v) is 7.02. The zero-order valence-electron chi connectivity index (χ0n) is 21.2. The van der Waals surface area contributed by atoms with E-state index in [9.17, 15) is 18.0 Å². The average Bonchev–Trinajstić information content (AvgIpc) is 3.12. The Kier molecular flexibility index (Phi) is 5.80. The molecule has 0 saturated heterocycles. The number of carbonyl (C=O) groups is 1. The highest BCUT2D eigenvalue weighted by Gasteiger charge is 2.83. The van der Waals surface area contributed by atoms with Crippen molar-refractivity contribution in [2.24, 2.45) is 10.8 Å². The summed E-state index contributed by atoms with van der Waals surface area (Å²) in [6, 6.07) is 4.18. The second-order valence-electron chi connectivity index (χ2n) is 11.0. The molecular weight excluding hydrogens is 563 g/mol. The molecule has 0 spiro atoms. The highest BCUT2D eigenvalue weighted by Crippen LogP contribution is 2.71. The normalized spacial score (nSPS) is 32.7. The Labute approximate surface area is 230 Å². The Bertz CT molecular complexity index is 1370. The van der Waals surface area contributed by atoms with E-state index in [-0.39, 0.29) is 29.1 Å². The van der Waals surface area contributed by atoms with Crippen molar-refractivity contribution in [3.8, 4) is 0 Å². The van der Waals surface area contributed by atoms with Crippen molar-refractivity contribution < 1.29 is 26.7 Å². The highest BCUT2D eigenvalue weighted by molar-refractivity contribution is 7.99. The van der Waals surface area contributed by atoms with Crippen molar-refractivity contribution >= 4 is 46.5 Å². The van der Waals surface area contributed by atoms with Crippen LogP contribution in [0.4, 0.5) is 33.5 Å². The van der Waals surface area contributed by atoms with E-state index in [4.69, 9.17) is 11.6 Å². The number of hydrogen-bond donors (Lipinski definition) is 2. The molecule has 0 radical (unpaired) electrons. The Balaban J connectivity index is 1.27. The lowest BCUT2D eigenvalue weighted by Crippen LogP contribution is -2.48. The van der Waals surface area contributed by atoms with Gasteiger partial charge in [0.2, 0.25) is 5.91 Å². The van der Waals surface area contributed by atoms with E-state index in [2.05, 4.69) is 20.7 Å².